The van der Waals surface area contributed by atoms with Gasteiger partial charge in [0.25, 0.3) is 0 Å². The van der Waals surface area contributed by atoms with Crippen LogP contribution in [0.3, 0.4) is 0 Å². The molecular formula is C12H10ClFN2O2S. The molecule has 0 amide bonds. The van der Waals surface area contributed by atoms with E-state index in [0.29, 0.717) is 5.56 Å². The van der Waals surface area contributed by atoms with Gasteiger partial charge in [0.15, 0.2) is 0 Å². The standard InChI is InChI=1S/C12H10ClFN2O2S/c13-10-3-4-11(14)12(6-10)19(17,18)16-8-9-2-1-5-15-7-9/h1-7,16H,8H2. The lowest BCUT2D eigenvalue weighted by Gasteiger charge is -2.07. The minimum absolute atomic E-state index is 0.0299. The molecule has 2 aromatic rings. The molecule has 4 nitrogen and oxygen atoms in total. The van der Waals surface area contributed by atoms with Gasteiger partial charge in [-0.2, -0.15) is 0 Å². The highest BCUT2D eigenvalue weighted by Crippen LogP contribution is 2.19. The first kappa shape index (κ1) is 13.9. The summed E-state index contributed by atoms with van der Waals surface area (Å²) in [4.78, 5) is 3.39. The van der Waals surface area contributed by atoms with Gasteiger partial charge in [0, 0.05) is 24.0 Å². The van der Waals surface area contributed by atoms with E-state index in [1.54, 1.807) is 18.3 Å². The SMILES string of the molecule is O=S(=O)(NCc1cccnc1)c1cc(Cl)ccc1F. The molecule has 0 bridgehead atoms. The number of rotatable bonds is 4. The molecule has 19 heavy (non-hydrogen) atoms. The van der Waals surface area contributed by atoms with E-state index >= 15 is 0 Å². The normalized spacial score (nSPS) is 11.5. The summed E-state index contributed by atoms with van der Waals surface area (Å²) in [6.45, 7) is 0.0299. The summed E-state index contributed by atoms with van der Waals surface area (Å²) in [7, 11) is -3.95. The topological polar surface area (TPSA) is 59.1 Å². The van der Waals surface area contributed by atoms with Gasteiger partial charge in [0.2, 0.25) is 10.0 Å². The third-order valence-electron chi connectivity index (χ3n) is 2.37. The highest BCUT2D eigenvalue weighted by molar-refractivity contribution is 7.89. The Morgan fingerprint density at radius 2 is 2.11 bits per heavy atom. The molecule has 0 fully saturated rings. The highest BCUT2D eigenvalue weighted by atomic mass is 35.5. The van der Waals surface area contributed by atoms with Crippen molar-refractivity contribution >= 4 is 21.6 Å². The largest absolute Gasteiger partial charge is 0.264 e. The summed E-state index contributed by atoms with van der Waals surface area (Å²) in [5.74, 6) is -0.844. The van der Waals surface area contributed by atoms with E-state index in [2.05, 4.69) is 9.71 Å². The Morgan fingerprint density at radius 1 is 1.32 bits per heavy atom. The van der Waals surface area contributed by atoms with Gasteiger partial charge >= 0.3 is 0 Å². The molecule has 0 unspecified atom stereocenters. The van der Waals surface area contributed by atoms with E-state index in [0.717, 1.165) is 12.1 Å². The van der Waals surface area contributed by atoms with Crippen molar-refractivity contribution in [3.05, 3.63) is 59.1 Å². The molecule has 0 saturated heterocycles. The van der Waals surface area contributed by atoms with Crippen LogP contribution in [0.2, 0.25) is 5.02 Å². The zero-order valence-corrected chi connectivity index (χ0v) is 11.2. The van der Waals surface area contributed by atoms with Crippen LogP contribution in [0.4, 0.5) is 4.39 Å². The smallest absolute Gasteiger partial charge is 0.243 e. The van der Waals surface area contributed by atoms with E-state index in [-0.39, 0.29) is 11.6 Å². The highest BCUT2D eigenvalue weighted by Gasteiger charge is 2.19. The summed E-state index contributed by atoms with van der Waals surface area (Å²) in [6, 6.07) is 6.77. The number of sulfonamides is 1. The fraction of sp³-hybridized carbons (Fsp3) is 0.0833. The van der Waals surface area contributed by atoms with Crippen molar-refractivity contribution in [3.8, 4) is 0 Å². The first-order valence-electron chi connectivity index (χ1n) is 5.33. The molecule has 0 radical (unpaired) electrons. The van der Waals surface area contributed by atoms with Crippen LogP contribution in [0.15, 0.2) is 47.6 Å². The molecule has 0 atom stereocenters. The Hall–Kier alpha value is -1.50. The fourth-order valence-corrected chi connectivity index (χ4v) is 2.80. The summed E-state index contributed by atoms with van der Waals surface area (Å²) < 4.78 is 39.7. The van der Waals surface area contributed by atoms with E-state index < -0.39 is 20.7 Å². The van der Waals surface area contributed by atoms with Gasteiger partial charge in [-0.1, -0.05) is 17.7 Å². The lowest BCUT2D eigenvalue weighted by atomic mass is 10.3. The predicted molar refractivity (Wildman–Crippen MR) is 69.7 cm³/mol. The van der Waals surface area contributed by atoms with Crippen molar-refractivity contribution in [1.29, 1.82) is 0 Å². The van der Waals surface area contributed by atoms with Crippen molar-refractivity contribution < 1.29 is 12.8 Å². The van der Waals surface area contributed by atoms with E-state index in [4.69, 9.17) is 11.6 Å². The molecular weight excluding hydrogens is 291 g/mol. The summed E-state index contributed by atoms with van der Waals surface area (Å²) in [6.07, 6.45) is 3.10. The van der Waals surface area contributed by atoms with Crippen LogP contribution in [-0.4, -0.2) is 13.4 Å². The van der Waals surface area contributed by atoms with Crippen LogP contribution in [0.5, 0.6) is 0 Å². The van der Waals surface area contributed by atoms with E-state index in [9.17, 15) is 12.8 Å². The van der Waals surface area contributed by atoms with Crippen LogP contribution in [0.25, 0.3) is 0 Å². The summed E-state index contributed by atoms with van der Waals surface area (Å²) >= 11 is 5.67. The molecule has 1 aromatic carbocycles. The Morgan fingerprint density at radius 3 is 2.79 bits per heavy atom. The Kier molecular flexibility index (Phi) is 4.14. The minimum atomic E-state index is -3.95. The van der Waals surface area contributed by atoms with Gasteiger partial charge < -0.3 is 0 Å². The Labute approximate surface area is 115 Å². The van der Waals surface area contributed by atoms with Crippen LogP contribution in [-0.2, 0) is 16.6 Å². The van der Waals surface area contributed by atoms with Crippen molar-refractivity contribution in [2.24, 2.45) is 0 Å². The molecule has 0 aliphatic heterocycles. The zero-order valence-electron chi connectivity index (χ0n) is 9.68. The molecule has 0 spiro atoms. The molecule has 100 valence electrons. The zero-order chi connectivity index (χ0) is 13.9. The van der Waals surface area contributed by atoms with Gasteiger partial charge in [-0.05, 0) is 29.8 Å². The van der Waals surface area contributed by atoms with Crippen LogP contribution < -0.4 is 4.72 Å². The molecule has 1 heterocycles. The molecule has 0 aliphatic rings. The maximum atomic E-state index is 13.5. The van der Waals surface area contributed by atoms with Gasteiger partial charge in [0.1, 0.15) is 10.7 Å². The van der Waals surface area contributed by atoms with Crippen LogP contribution in [0, 0.1) is 5.82 Å². The average Bonchev–Trinajstić information content (AvgIpc) is 2.40. The van der Waals surface area contributed by atoms with Gasteiger partial charge in [-0.3, -0.25) is 4.98 Å². The van der Waals surface area contributed by atoms with Crippen LogP contribution >= 0.6 is 11.6 Å². The summed E-state index contributed by atoms with van der Waals surface area (Å²) in [5.41, 5.74) is 0.675. The fourth-order valence-electron chi connectivity index (χ4n) is 1.44. The lowest BCUT2D eigenvalue weighted by molar-refractivity contribution is 0.557. The second-order valence-corrected chi connectivity index (χ2v) is 5.93. The van der Waals surface area contributed by atoms with Gasteiger partial charge in [-0.15, -0.1) is 0 Å². The van der Waals surface area contributed by atoms with Crippen molar-refractivity contribution in [1.82, 2.24) is 9.71 Å². The van der Waals surface area contributed by atoms with Crippen LogP contribution in [0.1, 0.15) is 5.56 Å². The van der Waals surface area contributed by atoms with Gasteiger partial charge in [0.05, 0.1) is 0 Å². The number of halogens is 2. The maximum absolute atomic E-state index is 13.5. The number of aromatic nitrogens is 1. The molecule has 7 heteroatoms. The monoisotopic (exact) mass is 300 g/mol. The minimum Gasteiger partial charge on any atom is -0.264 e. The molecule has 2 rings (SSSR count). The average molecular weight is 301 g/mol. The Bertz CT molecular complexity index is 677. The molecule has 0 aliphatic carbocycles. The second-order valence-electron chi connectivity index (χ2n) is 3.76. The molecule has 1 aromatic heterocycles. The predicted octanol–water partition coefficient (Wildman–Crippen LogP) is 2.35. The number of benzene rings is 1. The Balaban J connectivity index is 2.21. The number of nitrogens with one attached hydrogen (secondary N) is 1. The van der Waals surface area contributed by atoms with E-state index in [1.807, 2.05) is 0 Å². The number of hydrogen-bond donors (Lipinski definition) is 1. The molecule has 0 saturated carbocycles. The molecule has 1 N–H and O–H groups in total. The lowest BCUT2D eigenvalue weighted by Crippen LogP contribution is -2.24. The van der Waals surface area contributed by atoms with Crippen molar-refractivity contribution in [2.45, 2.75) is 11.4 Å². The first-order chi connectivity index (χ1) is 8.99. The third kappa shape index (κ3) is 3.50. The third-order valence-corrected chi connectivity index (χ3v) is 4.02. The van der Waals surface area contributed by atoms with Crippen molar-refractivity contribution in [3.63, 3.8) is 0 Å². The number of pyridine rings is 1. The van der Waals surface area contributed by atoms with E-state index in [1.165, 1.54) is 12.3 Å². The number of hydrogen-bond acceptors (Lipinski definition) is 3. The van der Waals surface area contributed by atoms with Crippen molar-refractivity contribution in [2.75, 3.05) is 0 Å². The first-order valence-corrected chi connectivity index (χ1v) is 7.19. The second kappa shape index (κ2) is 5.64. The number of nitrogens with zero attached hydrogens (tertiary/aromatic N) is 1. The summed E-state index contributed by atoms with van der Waals surface area (Å²) in [5, 5.41) is 0.156. The quantitative estimate of drug-likeness (QED) is 0.943. The maximum Gasteiger partial charge on any atom is 0.243 e. The van der Waals surface area contributed by atoms with Gasteiger partial charge in [-0.25, -0.2) is 17.5 Å².